The number of para-hydroxylation sites is 6. The van der Waals surface area contributed by atoms with Crippen LogP contribution in [-0.2, 0) is 0 Å². The zero-order valence-corrected chi connectivity index (χ0v) is 30.5. The van der Waals surface area contributed by atoms with Crippen LogP contribution in [0.3, 0.4) is 0 Å². The van der Waals surface area contributed by atoms with Gasteiger partial charge in [0.1, 0.15) is 28.4 Å². The Morgan fingerprint density at radius 2 is 1.16 bits per heavy atom. The first-order chi connectivity index (χ1) is 28.1. The second-order valence-electron chi connectivity index (χ2n) is 14.7. The molecule has 6 nitrogen and oxygen atoms in total. The molecule has 6 heteroatoms. The van der Waals surface area contributed by atoms with Crippen LogP contribution in [0, 0.1) is 24.8 Å². The molecule has 0 saturated heterocycles. The van der Waals surface area contributed by atoms with Gasteiger partial charge in [0.15, 0.2) is 0 Å². The van der Waals surface area contributed by atoms with Crippen LogP contribution in [0.25, 0.3) is 115 Å². The molecule has 12 aromatic rings. The third-order valence-electron chi connectivity index (χ3n) is 11.7. The average molecular weight is 729 g/mol. The van der Waals surface area contributed by atoms with Crippen molar-refractivity contribution in [1.82, 2.24) is 9.13 Å². The highest BCUT2D eigenvalue weighted by Gasteiger charge is 2.26. The zero-order valence-electron chi connectivity index (χ0n) is 30.5. The van der Waals surface area contributed by atoms with Crippen LogP contribution in [-0.4, -0.2) is 9.13 Å². The highest BCUT2D eigenvalue weighted by atomic mass is 16.3. The molecule has 0 N–H and O–H groups in total. The van der Waals surface area contributed by atoms with E-state index in [1.807, 2.05) is 60.7 Å². The summed E-state index contributed by atoms with van der Waals surface area (Å²) in [4.78, 5) is 4.15. The Morgan fingerprint density at radius 1 is 0.509 bits per heavy atom. The minimum Gasteiger partial charge on any atom is -0.456 e. The molecule has 264 valence electrons. The number of furan rings is 2. The molecular formula is C51H28N4O2. The van der Waals surface area contributed by atoms with Crippen molar-refractivity contribution < 1.29 is 8.83 Å². The number of nitriles is 1. The van der Waals surface area contributed by atoms with Gasteiger partial charge < -0.3 is 18.0 Å². The Bertz CT molecular complexity index is 3800. The third kappa shape index (κ3) is 4.16. The van der Waals surface area contributed by atoms with E-state index in [4.69, 9.17) is 15.4 Å². The molecule has 0 aliphatic heterocycles. The van der Waals surface area contributed by atoms with Gasteiger partial charge in [0.05, 0.1) is 51.0 Å². The highest BCUT2D eigenvalue weighted by molar-refractivity contribution is 6.24. The summed E-state index contributed by atoms with van der Waals surface area (Å²) >= 11 is 0. The number of rotatable bonds is 3. The smallest absolute Gasteiger partial charge is 0.211 e. The molecular weight excluding hydrogens is 701 g/mol. The van der Waals surface area contributed by atoms with Gasteiger partial charge in [0, 0.05) is 49.3 Å². The lowest BCUT2D eigenvalue weighted by Crippen LogP contribution is -2.03. The van der Waals surface area contributed by atoms with Gasteiger partial charge in [-0.25, -0.2) is 4.85 Å². The predicted molar refractivity (Wildman–Crippen MR) is 231 cm³/mol. The molecule has 0 aliphatic rings. The van der Waals surface area contributed by atoms with Crippen LogP contribution in [0.15, 0.2) is 160 Å². The molecule has 12 rings (SSSR count). The summed E-state index contributed by atoms with van der Waals surface area (Å²) in [5.74, 6) is 0. The first-order valence-corrected chi connectivity index (χ1v) is 18.9. The fourth-order valence-electron chi connectivity index (χ4n) is 9.28. The van der Waals surface area contributed by atoms with Crippen molar-refractivity contribution >= 4 is 93.2 Å². The van der Waals surface area contributed by atoms with Gasteiger partial charge in [-0.1, -0.05) is 103 Å². The second-order valence-corrected chi connectivity index (χ2v) is 14.7. The van der Waals surface area contributed by atoms with E-state index in [0.717, 1.165) is 116 Å². The summed E-state index contributed by atoms with van der Waals surface area (Å²) in [6.07, 6.45) is 0. The Labute approximate surface area is 325 Å². The number of aryl methyl sites for hydroxylation is 1. The van der Waals surface area contributed by atoms with E-state index in [1.54, 1.807) is 0 Å². The van der Waals surface area contributed by atoms with Crippen LogP contribution >= 0.6 is 0 Å². The van der Waals surface area contributed by atoms with Crippen LogP contribution < -0.4 is 0 Å². The number of benzene rings is 8. The number of hydrogen-bond donors (Lipinski definition) is 0. The lowest BCUT2D eigenvalue weighted by atomic mass is 9.97. The molecule has 0 radical (unpaired) electrons. The van der Waals surface area contributed by atoms with Crippen molar-refractivity contribution in [2.75, 3.05) is 0 Å². The number of nitrogens with zero attached hydrogens (tertiary/aromatic N) is 4. The molecule has 0 spiro atoms. The van der Waals surface area contributed by atoms with Gasteiger partial charge in [-0.15, -0.1) is 0 Å². The molecule has 4 heterocycles. The molecule has 0 atom stereocenters. The first-order valence-electron chi connectivity index (χ1n) is 18.9. The van der Waals surface area contributed by atoms with Crippen molar-refractivity contribution in [3.63, 3.8) is 0 Å². The maximum absolute atomic E-state index is 10.9. The maximum Gasteiger partial charge on any atom is 0.211 e. The summed E-state index contributed by atoms with van der Waals surface area (Å²) in [7, 11) is 0. The lowest BCUT2D eigenvalue weighted by molar-refractivity contribution is 0.666. The van der Waals surface area contributed by atoms with Crippen molar-refractivity contribution in [3.8, 4) is 28.6 Å². The third-order valence-corrected chi connectivity index (χ3v) is 11.7. The number of hydrogen-bond acceptors (Lipinski definition) is 3. The van der Waals surface area contributed by atoms with Gasteiger partial charge in [-0.05, 0) is 60.5 Å². The Morgan fingerprint density at radius 3 is 1.98 bits per heavy atom. The summed E-state index contributed by atoms with van der Waals surface area (Å²) < 4.78 is 17.6. The first kappa shape index (κ1) is 31.3. The quantitative estimate of drug-likeness (QED) is 0.170. The van der Waals surface area contributed by atoms with Crippen LogP contribution in [0.4, 0.5) is 5.69 Å². The van der Waals surface area contributed by atoms with Gasteiger partial charge in [0.2, 0.25) is 5.69 Å². The molecule has 8 aromatic carbocycles. The van der Waals surface area contributed by atoms with Gasteiger partial charge >= 0.3 is 0 Å². The highest BCUT2D eigenvalue weighted by Crippen LogP contribution is 2.47. The minimum absolute atomic E-state index is 0.496. The van der Waals surface area contributed by atoms with Crippen LogP contribution in [0.1, 0.15) is 11.1 Å². The maximum atomic E-state index is 10.9. The summed E-state index contributed by atoms with van der Waals surface area (Å²) in [5.41, 5.74) is 12.3. The van der Waals surface area contributed by atoms with Gasteiger partial charge in [0.25, 0.3) is 0 Å². The zero-order chi connectivity index (χ0) is 37.9. The monoisotopic (exact) mass is 728 g/mol. The Hall–Kier alpha value is -8.06. The van der Waals surface area contributed by atoms with E-state index >= 15 is 0 Å². The summed E-state index contributed by atoms with van der Waals surface area (Å²) in [6.45, 7) is 10.6. The van der Waals surface area contributed by atoms with Gasteiger partial charge in [-0.3, -0.25) is 0 Å². The van der Waals surface area contributed by atoms with Crippen molar-refractivity contribution in [2.45, 2.75) is 6.92 Å². The molecule has 57 heavy (non-hydrogen) atoms. The Kier molecular flexibility index (Phi) is 6.30. The van der Waals surface area contributed by atoms with E-state index in [1.165, 1.54) is 0 Å². The van der Waals surface area contributed by atoms with Crippen LogP contribution in [0.2, 0.25) is 0 Å². The van der Waals surface area contributed by atoms with E-state index in [0.29, 0.717) is 11.3 Å². The molecule has 0 saturated carbocycles. The van der Waals surface area contributed by atoms with Gasteiger partial charge in [-0.2, -0.15) is 5.26 Å². The molecule has 0 amide bonds. The van der Waals surface area contributed by atoms with Crippen molar-refractivity contribution in [1.29, 1.82) is 5.26 Å². The molecule has 0 bridgehead atoms. The molecule has 4 aromatic heterocycles. The van der Waals surface area contributed by atoms with Crippen molar-refractivity contribution in [3.05, 3.63) is 174 Å². The predicted octanol–water partition coefficient (Wildman–Crippen LogP) is 14.1. The summed E-state index contributed by atoms with van der Waals surface area (Å²) in [5, 5.41) is 19.3. The molecule has 0 aliphatic carbocycles. The van der Waals surface area contributed by atoms with E-state index in [-0.39, 0.29) is 0 Å². The van der Waals surface area contributed by atoms with E-state index in [2.05, 4.69) is 118 Å². The lowest BCUT2D eigenvalue weighted by Gasteiger charge is -2.20. The summed E-state index contributed by atoms with van der Waals surface area (Å²) in [6, 6.07) is 54.0. The second kappa shape index (κ2) is 11.5. The largest absolute Gasteiger partial charge is 0.456 e. The minimum atomic E-state index is 0.496. The van der Waals surface area contributed by atoms with Crippen LogP contribution in [0.5, 0.6) is 0 Å². The normalized spacial score (nSPS) is 11.9. The fourth-order valence-corrected chi connectivity index (χ4v) is 9.28. The SMILES string of the molecule is [C-]#[N+]c1cccc(-c2cccc(C#N)c2-n2c3ccccc3c3c4oc5ccccc5c4ccc32)c1-n1c2ccccc2c2cc3c(cc21)oc1c(C)cccc13. The number of aromatic nitrogens is 2. The Balaban J connectivity index is 1.21. The fraction of sp³-hybridized carbons (Fsp3) is 0.0196. The molecule has 0 fully saturated rings. The van der Waals surface area contributed by atoms with Crippen molar-refractivity contribution in [2.24, 2.45) is 0 Å². The standard InChI is InChI=1S/C51H28N4O2/c1-29-12-9-19-35-39-26-38-31-14-3-6-21-41(31)55(44(38)27-46(39)57-50(29)35)49-34(18-11-20-40(49)53-2)33-17-10-13-30(28-52)48(33)54-42-22-7-4-16-37(42)47-43(54)25-24-36-32-15-5-8-23-45(32)56-51(36)47/h3-27H,1H3. The topological polar surface area (TPSA) is 64.3 Å². The number of fused-ring (bicyclic) bond motifs is 13. The van der Waals surface area contributed by atoms with E-state index < -0.39 is 0 Å². The average Bonchev–Trinajstić information content (AvgIpc) is 4.00. The molecule has 0 unspecified atom stereocenters. The van der Waals surface area contributed by atoms with E-state index in [9.17, 15) is 5.26 Å².